The van der Waals surface area contributed by atoms with Crippen LogP contribution >= 0.6 is 0 Å². The molecule has 0 N–H and O–H groups in total. The quantitative estimate of drug-likeness (QED) is 0.409. The average Bonchev–Trinajstić information content (AvgIpc) is 2.11. The minimum absolute atomic E-state index is 0.378. The second kappa shape index (κ2) is 9.72. The van der Waals surface area contributed by atoms with Gasteiger partial charge in [0.2, 0.25) is 0 Å². The number of ether oxygens (including phenoxy) is 1. The smallest absolute Gasteiger partial charge is 0.120 e. The van der Waals surface area contributed by atoms with Crippen molar-refractivity contribution in [2.75, 3.05) is 13.2 Å². The van der Waals surface area contributed by atoms with Gasteiger partial charge in [-0.1, -0.05) is 33.1 Å². The van der Waals surface area contributed by atoms with Crippen molar-refractivity contribution in [3.63, 3.8) is 0 Å². The maximum Gasteiger partial charge on any atom is 0.120 e. The molecule has 13 heavy (non-hydrogen) atoms. The summed E-state index contributed by atoms with van der Waals surface area (Å²) in [5, 5.41) is 0. The van der Waals surface area contributed by atoms with E-state index in [4.69, 9.17) is 4.74 Å². The Hall–Kier alpha value is -0.370. The van der Waals surface area contributed by atoms with Gasteiger partial charge in [0.05, 0.1) is 0 Å². The summed E-state index contributed by atoms with van der Waals surface area (Å²) in [5.41, 5.74) is 0. The van der Waals surface area contributed by atoms with Crippen molar-refractivity contribution in [3.05, 3.63) is 0 Å². The van der Waals surface area contributed by atoms with Crippen LogP contribution in [-0.4, -0.2) is 19.5 Å². The molecule has 0 fully saturated rings. The maximum atomic E-state index is 10.1. The molecular formula is C11H22O2. The molecule has 0 aromatic rings. The summed E-state index contributed by atoms with van der Waals surface area (Å²) >= 11 is 0. The van der Waals surface area contributed by atoms with Gasteiger partial charge >= 0.3 is 0 Å². The highest BCUT2D eigenvalue weighted by atomic mass is 16.5. The number of hydrogen-bond acceptors (Lipinski definition) is 2. The molecule has 0 amide bonds. The van der Waals surface area contributed by atoms with Crippen LogP contribution in [0.2, 0.25) is 0 Å². The third kappa shape index (κ3) is 9.54. The summed E-state index contributed by atoms with van der Waals surface area (Å²) in [6.07, 6.45) is 6.56. The molecule has 0 aromatic heterocycles. The highest BCUT2D eigenvalue weighted by Crippen LogP contribution is 2.02. The third-order valence-corrected chi connectivity index (χ3v) is 2.04. The Morgan fingerprint density at radius 1 is 1.31 bits per heavy atom. The molecule has 0 bridgehead atoms. The first kappa shape index (κ1) is 12.6. The van der Waals surface area contributed by atoms with Crippen LogP contribution in [0, 0.1) is 5.92 Å². The summed E-state index contributed by atoms with van der Waals surface area (Å²) in [6.45, 7) is 5.82. The lowest BCUT2D eigenvalue weighted by molar-refractivity contribution is -0.108. The van der Waals surface area contributed by atoms with Gasteiger partial charge < -0.3 is 9.53 Å². The van der Waals surface area contributed by atoms with Crippen LogP contribution in [-0.2, 0) is 9.53 Å². The molecule has 0 spiro atoms. The predicted octanol–water partition coefficient (Wildman–Crippen LogP) is 2.81. The topological polar surface area (TPSA) is 26.3 Å². The molecule has 2 heteroatoms. The van der Waals surface area contributed by atoms with Crippen molar-refractivity contribution in [2.24, 2.45) is 5.92 Å². The van der Waals surface area contributed by atoms with Crippen molar-refractivity contribution < 1.29 is 9.53 Å². The van der Waals surface area contributed by atoms with E-state index in [0.29, 0.717) is 12.3 Å². The Balaban J connectivity index is 3.01. The zero-order valence-electron chi connectivity index (χ0n) is 8.92. The van der Waals surface area contributed by atoms with Crippen LogP contribution in [0.3, 0.4) is 0 Å². The zero-order chi connectivity index (χ0) is 9.94. The van der Waals surface area contributed by atoms with E-state index in [0.717, 1.165) is 25.9 Å². The van der Waals surface area contributed by atoms with E-state index in [-0.39, 0.29) is 0 Å². The van der Waals surface area contributed by atoms with Gasteiger partial charge in [-0.3, -0.25) is 0 Å². The molecule has 2 nitrogen and oxygen atoms in total. The van der Waals surface area contributed by atoms with Gasteiger partial charge in [-0.15, -0.1) is 0 Å². The summed E-state index contributed by atoms with van der Waals surface area (Å²) in [5.74, 6) is 0.378. The fraction of sp³-hybridized carbons (Fsp3) is 0.909. The van der Waals surface area contributed by atoms with Crippen LogP contribution in [0.15, 0.2) is 0 Å². The van der Waals surface area contributed by atoms with E-state index in [1.807, 2.05) is 6.92 Å². The normalized spacial score (nSPS) is 12.8. The van der Waals surface area contributed by atoms with Crippen molar-refractivity contribution in [2.45, 2.75) is 46.0 Å². The van der Waals surface area contributed by atoms with Gasteiger partial charge in [-0.25, -0.2) is 0 Å². The highest BCUT2D eigenvalue weighted by molar-refractivity contribution is 5.49. The minimum atomic E-state index is 0.378. The second-order valence-corrected chi connectivity index (χ2v) is 3.64. The summed E-state index contributed by atoms with van der Waals surface area (Å²) < 4.78 is 5.44. The van der Waals surface area contributed by atoms with Gasteiger partial charge in [0.25, 0.3) is 0 Å². The molecule has 0 aliphatic heterocycles. The molecule has 78 valence electrons. The molecule has 0 radical (unpaired) electrons. The van der Waals surface area contributed by atoms with Crippen molar-refractivity contribution in [3.8, 4) is 0 Å². The van der Waals surface area contributed by atoms with E-state index in [1.54, 1.807) is 0 Å². The lowest BCUT2D eigenvalue weighted by Crippen LogP contribution is -2.07. The van der Waals surface area contributed by atoms with Crippen LogP contribution in [0.25, 0.3) is 0 Å². The molecule has 0 aliphatic rings. The fourth-order valence-electron chi connectivity index (χ4n) is 1.15. The zero-order valence-corrected chi connectivity index (χ0v) is 8.92. The Bertz CT molecular complexity index is 113. The molecule has 0 rings (SSSR count). The average molecular weight is 186 g/mol. The summed E-state index contributed by atoms with van der Waals surface area (Å²) in [4.78, 5) is 10.1. The molecule has 0 aromatic carbocycles. The van der Waals surface area contributed by atoms with Gasteiger partial charge in [0.1, 0.15) is 6.29 Å². The fourth-order valence-corrected chi connectivity index (χ4v) is 1.15. The van der Waals surface area contributed by atoms with Gasteiger partial charge in [-0.2, -0.15) is 0 Å². The SMILES string of the molecule is CCCCCCOC[C@H](C)CC=O. The van der Waals surface area contributed by atoms with Gasteiger partial charge in [0, 0.05) is 19.6 Å². The van der Waals surface area contributed by atoms with Crippen LogP contribution in [0.1, 0.15) is 46.0 Å². The Kier molecular flexibility index (Phi) is 9.44. The first-order chi connectivity index (χ1) is 6.31. The second-order valence-electron chi connectivity index (χ2n) is 3.64. The van der Waals surface area contributed by atoms with Crippen molar-refractivity contribution in [1.82, 2.24) is 0 Å². The third-order valence-electron chi connectivity index (χ3n) is 2.04. The predicted molar refractivity (Wildman–Crippen MR) is 54.8 cm³/mol. The van der Waals surface area contributed by atoms with Gasteiger partial charge in [0.15, 0.2) is 0 Å². The molecule has 0 heterocycles. The lowest BCUT2D eigenvalue weighted by atomic mass is 10.1. The van der Waals surface area contributed by atoms with E-state index >= 15 is 0 Å². The molecule has 0 saturated heterocycles. The molecule has 0 saturated carbocycles. The minimum Gasteiger partial charge on any atom is -0.381 e. The van der Waals surface area contributed by atoms with Crippen LogP contribution in [0.5, 0.6) is 0 Å². The summed E-state index contributed by atoms with van der Waals surface area (Å²) in [6, 6.07) is 0. The lowest BCUT2D eigenvalue weighted by Gasteiger charge is -2.08. The first-order valence-corrected chi connectivity index (χ1v) is 5.32. The van der Waals surface area contributed by atoms with E-state index < -0.39 is 0 Å². The standard InChI is InChI=1S/C11H22O2/c1-3-4-5-6-9-13-10-11(2)7-8-12/h8,11H,3-7,9-10H2,1-2H3/t11-/m1/s1. The van der Waals surface area contributed by atoms with Crippen molar-refractivity contribution in [1.29, 1.82) is 0 Å². The highest BCUT2D eigenvalue weighted by Gasteiger charge is 1.99. The molecule has 0 aliphatic carbocycles. The number of unbranched alkanes of at least 4 members (excludes halogenated alkanes) is 3. The van der Waals surface area contributed by atoms with E-state index in [9.17, 15) is 4.79 Å². The maximum absolute atomic E-state index is 10.1. The van der Waals surface area contributed by atoms with Crippen LogP contribution in [0.4, 0.5) is 0 Å². The van der Waals surface area contributed by atoms with Crippen molar-refractivity contribution >= 4 is 6.29 Å². The Labute approximate surface area is 81.7 Å². The Morgan fingerprint density at radius 3 is 2.69 bits per heavy atom. The van der Waals surface area contributed by atoms with E-state index in [1.165, 1.54) is 19.3 Å². The monoisotopic (exact) mass is 186 g/mol. The number of rotatable bonds is 9. The van der Waals surface area contributed by atoms with Gasteiger partial charge in [-0.05, 0) is 12.3 Å². The molecule has 0 unspecified atom stereocenters. The number of aldehydes is 1. The number of carbonyl (C=O) groups excluding carboxylic acids is 1. The molecule has 1 atom stereocenters. The summed E-state index contributed by atoms with van der Waals surface area (Å²) in [7, 11) is 0. The number of carbonyl (C=O) groups is 1. The largest absolute Gasteiger partial charge is 0.381 e. The van der Waals surface area contributed by atoms with Crippen LogP contribution < -0.4 is 0 Å². The molecular weight excluding hydrogens is 164 g/mol. The Morgan fingerprint density at radius 2 is 2.08 bits per heavy atom. The number of hydrogen-bond donors (Lipinski definition) is 0. The van der Waals surface area contributed by atoms with E-state index in [2.05, 4.69) is 6.92 Å². The first-order valence-electron chi connectivity index (χ1n) is 5.32.